The van der Waals surface area contributed by atoms with Crippen LogP contribution in [0.2, 0.25) is 5.02 Å². The lowest BCUT2D eigenvalue weighted by Crippen LogP contribution is -2.36. The minimum absolute atomic E-state index is 0.0755. The van der Waals surface area contributed by atoms with Crippen molar-refractivity contribution in [3.8, 4) is 17.1 Å². The van der Waals surface area contributed by atoms with Gasteiger partial charge < -0.3 is 19.9 Å². The molecule has 2 N–H and O–H groups in total. The zero-order valence-electron chi connectivity index (χ0n) is 15.9. The molecule has 2 aromatic carbocycles. The Hall–Kier alpha value is -3.99. The van der Waals surface area contributed by atoms with Crippen LogP contribution in [0, 0.1) is 10.1 Å². The van der Waals surface area contributed by atoms with Crippen molar-refractivity contribution >= 4 is 29.1 Å². The van der Waals surface area contributed by atoms with Crippen LogP contribution in [0.3, 0.4) is 0 Å². The third-order valence-corrected chi connectivity index (χ3v) is 4.09. The molecular weight excluding hydrogens is 430 g/mol. The van der Waals surface area contributed by atoms with Crippen LogP contribution >= 0.6 is 11.6 Å². The number of amides is 2. The lowest BCUT2D eigenvalue weighted by atomic mass is 10.2. The summed E-state index contributed by atoms with van der Waals surface area (Å²) in [5, 5.41) is 19.9. The maximum absolute atomic E-state index is 12.1. The Labute approximate surface area is 180 Å². The molecule has 1 heterocycles. The Morgan fingerprint density at radius 3 is 2.58 bits per heavy atom. The molecule has 3 aromatic rings. The molecule has 0 spiro atoms. The second-order valence-electron chi connectivity index (χ2n) is 6.08. The fourth-order valence-corrected chi connectivity index (χ4v) is 2.57. The molecule has 11 nitrogen and oxygen atoms in total. The van der Waals surface area contributed by atoms with Crippen LogP contribution < -0.4 is 15.4 Å². The molecule has 0 unspecified atom stereocenters. The first-order chi connectivity index (χ1) is 14.9. The number of nitrogens with zero attached hydrogens (tertiary/aromatic N) is 3. The van der Waals surface area contributed by atoms with E-state index in [0.717, 1.165) is 0 Å². The van der Waals surface area contributed by atoms with Gasteiger partial charge in [0.2, 0.25) is 5.82 Å². The summed E-state index contributed by atoms with van der Waals surface area (Å²) >= 11 is 5.92. The minimum Gasteiger partial charge on any atom is -0.484 e. The van der Waals surface area contributed by atoms with Crippen LogP contribution in [0.5, 0.6) is 5.75 Å². The van der Waals surface area contributed by atoms with E-state index in [0.29, 0.717) is 16.3 Å². The molecule has 0 aliphatic carbocycles. The van der Waals surface area contributed by atoms with E-state index >= 15 is 0 Å². The predicted octanol–water partition coefficient (Wildman–Crippen LogP) is 2.22. The van der Waals surface area contributed by atoms with E-state index in [2.05, 4.69) is 20.8 Å². The average molecular weight is 446 g/mol. The topological polar surface area (TPSA) is 149 Å². The van der Waals surface area contributed by atoms with Gasteiger partial charge in [-0.3, -0.25) is 19.7 Å². The number of ether oxygens (including phenoxy) is 1. The predicted molar refractivity (Wildman–Crippen MR) is 109 cm³/mol. The van der Waals surface area contributed by atoms with E-state index in [4.69, 9.17) is 20.9 Å². The van der Waals surface area contributed by atoms with Gasteiger partial charge in [-0.2, -0.15) is 4.98 Å². The third-order valence-electron chi connectivity index (χ3n) is 3.85. The number of benzene rings is 2. The van der Waals surface area contributed by atoms with Gasteiger partial charge in [0, 0.05) is 35.8 Å². The van der Waals surface area contributed by atoms with Gasteiger partial charge in [0.15, 0.2) is 6.61 Å². The Morgan fingerprint density at radius 2 is 1.87 bits per heavy atom. The number of carbonyl (C=O) groups excluding carboxylic acids is 2. The van der Waals surface area contributed by atoms with Gasteiger partial charge in [0.05, 0.1) is 4.92 Å². The Kier molecular flexibility index (Phi) is 7.12. The summed E-state index contributed by atoms with van der Waals surface area (Å²) in [4.78, 5) is 37.9. The summed E-state index contributed by atoms with van der Waals surface area (Å²) in [6, 6.07) is 12.1. The summed E-state index contributed by atoms with van der Waals surface area (Å²) in [7, 11) is 0. The van der Waals surface area contributed by atoms with Crippen molar-refractivity contribution in [2.75, 3.05) is 19.7 Å². The standard InChI is InChI=1S/C19H16ClN5O6/c20-13-3-1-2-12(10-13)17-23-19(31-24-17)18(27)22-9-8-21-16(26)11-30-15-6-4-14(5-7-15)25(28)29/h1-7,10H,8-9,11H2,(H,21,26)(H,22,27). The molecule has 160 valence electrons. The van der Waals surface area contributed by atoms with Crippen LogP contribution in [0.4, 0.5) is 5.69 Å². The zero-order chi connectivity index (χ0) is 22.2. The van der Waals surface area contributed by atoms with Crippen LogP contribution in [0.15, 0.2) is 53.1 Å². The SMILES string of the molecule is O=C(COc1ccc([N+](=O)[O-])cc1)NCCNC(=O)c1nc(-c2cccc(Cl)c2)no1. The molecule has 0 radical (unpaired) electrons. The zero-order valence-corrected chi connectivity index (χ0v) is 16.7. The number of nitrogens with one attached hydrogen (secondary N) is 2. The molecule has 31 heavy (non-hydrogen) atoms. The number of hydrogen-bond acceptors (Lipinski definition) is 8. The molecule has 0 atom stereocenters. The molecule has 0 bridgehead atoms. The maximum atomic E-state index is 12.1. The van der Waals surface area contributed by atoms with E-state index in [1.54, 1.807) is 24.3 Å². The summed E-state index contributed by atoms with van der Waals surface area (Å²) < 4.78 is 10.2. The van der Waals surface area contributed by atoms with Crippen molar-refractivity contribution < 1.29 is 23.8 Å². The van der Waals surface area contributed by atoms with Crippen molar-refractivity contribution in [1.29, 1.82) is 0 Å². The number of carbonyl (C=O) groups is 2. The van der Waals surface area contributed by atoms with E-state index in [1.165, 1.54) is 24.3 Å². The second kappa shape index (κ2) is 10.2. The van der Waals surface area contributed by atoms with Gasteiger partial charge in [-0.1, -0.05) is 28.9 Å². The van der Waals surface area contributed by atoms with E-state index < -0.39 is 16.7 Å². The number of rotatable bonds is 9. The number of hydrogen-bond donors (Lipinski definition) is 2. The summed E-state index contributed by atoms with van der Waals surface area (Å²) in [6.45, 7) is -0.0150. The lowest BCUT2D eigenvalue weighted by Gasteiger charge is -2.07. The first-order valence-corrected chi connectivity index (χ1v) is 9.32. The largest absolute Gasteiger partial charge is 0.484 e. The highest BCUT2D eigenvalue weighted by Crippen LogP contribution is 2.20. The van der Waals surface area contributed by atoms with Gasteiger partial charge in [-0.15, -0.1) is 0 Å². The fraction of sp³-hybridized carbons (Fsp3) is 0.158. The quantitative estimate of drug-likeness (QED) is 0.289. The highest BCUT2D eigenvalue weighted by atomic mass is 35.5. The normalized spacial score (nSPS) is 10.4. The molecule has 0 aliphatic heterocycles. The molecule has 0 aliphatic rings. The van der Waals surface area contributed by atoms with Gasteiger partial charge in [-0.05, 0) is 24.3 Å². The molecule has 0 saturated carbocycles. The highest BCUT2D eigenvalue weighted by Gasteiger charge is 2.16. The monoisotopic (exact) mass is 445 g/mol. The molecule has 3 rings (SSSR count). The Morgan fingerprint density at radius 1 is 1.13 bits per heavy atom. The number of halogens is 1. The van der Waals surface area contributed by atoms with Crippen molar-refractivity contribution in [3.05, 3.63) is 69.6 Å². The number of nitro benzene ring substituents is 1. The van der Waals surface area contributed by atoms with E-state index in [1.807, 2.05) is 0 Å². The van der Waals surface area contributed by atoms with E-state index in [9.17, 15) is 19.7 Å². The van der Waals surface area contributed by atoms with Gasteiger partial charge in [0.1, 0.15) is 5.75 Å². The van der Waals surface area contributed by atoms with Crippen molar-refractivity contribution in [2.24, 2.45) is 0 Å². The van der Waals surface area contributed by atoms with Gasteiger partial charge in [-0.25, -0.2) is 0 Å². The first kappa shape index (κ1) is 21.7. The maximum Gasteiger partial charge on any atom is 0.316 e. The summed E-state index contributed by atoms with van der Waals surface area (Å²) in [6.07, 6.45) is 0. The van der Waals surface area contributed by atoms with Crippen molar-refractivity contribution in [1.82, 2.24) is 20.8 Å². The fourth-order valence-electron chi connectivity index (χ4n) is 2.38. The van der Waals surface area contributed by atoms with Gasteiger partial charge >= 0.3 is 11.8 Å². The number of nitro groups is 1. The first-order valence-electron chi connectivity index (χ1n) is 8.94. The highest BCUT2D eigenvalue weighted by molar-refractivity contribution is 6.30. The average Bonchev–Trinajstić information content (AvgIpc) is 3.26. The van der Waals surface area contributed by atoms with Crippen molar-refractivity contribution in [2.45, 2.75) is 0 Å². The lowest BCUT2D eigenvalue weighted by molar-refractivity contribution is -0.384. The molecule has 2 amide bonds. The second-order valence-corrected chi connectivity index (χ2v) is 6.52. The van der Waals surface area contributed by atoms with Crippen molar-refractivity contribution in [3.63, 3.8) is 0 Å². The van der Waals surface area contributed by atoms with Crippen LogP contribution in [0.25, 0.3) is 11.4 Å². The third kappa shape index (κ3) is 6.24. The Balaban J connectivity index is 1.38. The molecule has 0 saturated heterocycles. The molecule has 12 heteroatoms. The number of non-ortho nitro benzene ring substituents is 1. The molecular formula is C19H16ClN5O6. The molecule has 1 aromatic heterocycles. The molecule has 0 fully saturated rings. The van der Waals surface area contributed by atoms with Crippen LogP contribution in [-0.4, -0.2) is 46.6 Å². The Bertz CT molecular complexity index is 1090. The minimum atomic E-state index is -0.586. The van der Waals surface area contributed by atoms with Crippen LogP contribution in [0.1, 0.15) is 10.7 Å². The van der Waals surface area contributed by atoms with Gasteiger partial charge in [0.25, 0.3) is 11.6 Å². The number of aromatic nitrogens is 2. The summed E-state index contributed by atoms with van der Waals surface area (Å²) in [5.74, 6) is -0.682. The van der Waals surface area contributed by atoms with E-state index in [-0.39, 0.29) is 37.1 Å². The summed E-state index contributed by atoms with van der Waals surface area (Å²) in [5.41, 5.74) is 0.532. The smallest absolute Gasteiger partial charge is 0.316 e. The van der Waals surface area contributed by atoms with Crippen LogP contribution in [-0.2, 0) is 4.79 Å².